The second-order valence-corrected chi connectivity index (χ2v) is 4.20. The Labute approximate surface area is 109 Å². The van der Waals surface area contributed by atoms with Crippen LogP contribution in [0.5, 0.6) is 0 Å². The molecule has 1 aromatic carbocycles. The Morgan fingerprint density at radius 2 is 2.18 bits per heavy atom. The molecule has 1 aromatic heterocycles. The number of nitrogens with one attached hydrogen (secondary N) is 1. The maximum absolute atomic E-state index is 12.4. The number of nitrogens with zero attached hydrogens (tertiary/aromatic N) is 2. The summed E-state index contributed by atoms with van der Waals surface area (Å²) < 4.78 is 24.7. The summed E-state index contributed by atoms with van der Waals surface area (Å²) in [5, 5.41) is 6.95. The van der Waals surface area contributed by atoms with Crippen LogP contribution in [0.25, 0.3) is 11.4 Å². The third-order valence-electron chi connectivity index (χ3n) is 2.17. The lowest BCUT2D eigenvalue weighted by Crippen LogP contribution is -1.88. The van der Waals surface area contributed by atoms with Crippen molar-refractivity contribution >= 4 is 27.5 Å². The van der Waals surface area contributed by atoms with Crippen molar-refractivity contribution in [2.75, 3.05) is 0 Å². The molecule has 7 heteroatoms. The van der Waals surface area contributed by atoms with Crippen LogP contribution in [0, 0.1) is 0 Å². The van der Waals surface area contributed by atoms with E-state index in [1.807, 2.05) is 6.07 Å². The zero-order valence-corrected chi connectivity index (χ0v) is 10.8. The second-order valence-electron chi connectivity index (χ2n) is 3.26. The van der Waals surface area contributed by atoms with Crippen LogP contribution < -0.4 is 0 Å². The lowest BCUT2D eigenvalue weighted by Gasteiger charge is -2.03. The smallest absolute Gasteiger partial charge is 0.258 e. The molecule has 0 fully saturated rings. The number of hydrogen-bond acceptors (Lipinski definition) is 2. The number of alkyl halides is 3. The number of hydrogen-bond donors (Lipinski definition) is 1. The minimum atomic E-state index is -2.67. The van der Waals surface area contributed by atoms with E-state index in [9.17, 15) is 8.78 Å². The molecule has 3 nitrogen and oxygen atoms in total. The molecule has 0 aliphatic heterocycles. The van der Waals surface area contributed by atoms with Gasteiger partial charge in [-0.05, 0) is 11.6 Å². The van der Waals surface area contributed by atoms with Crippen molar-refractivity contribution in [3.05, 3.63) is 34.6 Å². The van der Waals surface area contributed by atoms with Gasteiger partial charge in [0.15, 0.2) is 11.6 Å². The molecule has 0 radical (unpaired) electrons. The van der Waals surface area contributed by atoms with Crippen LogP contribution in [0.1, 0.15) is 17.8 Å². The van der Waals surface area contributed by atoms with Gasteiger partial charge in [0.05, 0.1) is 5.02 Å². The standard InChI is InChI=1S/C10H7BrClF2N3/c11-4-5-2-1-3-6(7(5)12)9-15-10(8(13)14)17-16-9/h1-3,8H,4H2,(H,15,16,17). The summed E-state index contributed by atoms with van der Waals surface area (Å²) in [7, 11) is 0. The SMILES string of the molecule is FC(F)c1nc(-c2cccc(CBr)c2Cl)n[nH]1. The van der Waals surface area contributed by atoms with E-state index < -0.39 is 12.2 Å². The highest BCUT2D eigenvalue weighted by molar-refractivity contribution is 9.08. The van der Waals surface area contributed by atoms with Crippen molar-refractivity contribution < 1.29 is 8.78 Å². The molecule has 0 bridgehead atoms. The average Bonchev–Trinajstić information content (AvgIpc) is 2.78. The van der Waals surface area contributed by atoms with E-state index in [0.29, 0.717) is 15.9 Å². The molecule has 0 saturated carbocycles. The van der Waals surface area contributed by atoms with Gasteiger partial charge in [-0.2, -0.15) is 5.10 Å². The molecule has 1 N–H and O–H groups in total. The lowest BCUT2D eigenvalue weighted by atomic mass is 10.1. The first-order chi connectivity index (χ1) is 8.13. The van der Waals surface area contributed by atoms with Crippen molar-refractivity contribution in [1.29, 1.82) is 0 Å². The van der Waals surface area contributed by atoms with Gasteiger partial charge in [-0.15, -0.1) is 0 Å². The fraction of sp³-hybridized carbons (Fsp3) is 0.200. The van der Waals surface area contributed by atoms with Gasteiger partial charge in [-0.3, -0.25) is 5.10 Å². The van der Waals surface area contributed by atoms with E-state index in [0.717, 1.165) is 5.56 Å². The molecule has 90 valence electrons. The molecule has 1 heterocycles. The van der Waals surface area contributed by atoms with Gasteiger partial charge < -0.3 is 0 Å². The molecule has 2 aromatic rings. The van der Waals surface area contributed by atoms with Crippen LogP contribution in [-0.2, 0) is 5.33 Å². The molecule has 0 saturated heterocycles. The third-order valence-corrected chi connectivity index (χ3v) is 3.22. The number of aromatic nitrogens is 3. The van der Waals surface area contributed by atoms with Crippen LogP contribution in [0.3, 0.4) is 0 Å². The number of rotatable bonds is 3. The van der Waals surface area contributed by atoms with Gasteiger partial charge in [0, 0.05) is 10.9 Å². The van der Waals surface area contributed by atoms with Crippen LogP contribution in [-0.4, -0.2) is 15.2 Å². The first kappa shape index (κ1) is 12.4. The molecule has 17 heavy (non-hydrogen) atoms. The third kappa shape index (κ3) is 2.47. The molecule has 0 atom stereocenters. The van der Waals surface area contributed by atoms with E-state index in [4.69, 9.17) is 11.6 Å². The minimum absolute atomic E-state index is 0.174. The minimum Gasteiger partial charge on any atom is -0.258 e. The first-order valence-electron chi connectivity index (χ1n) is 4.67. The van der Waals surface area contributed by atoms with Gasteiger partial charge >= 0.3 is 0 Å². The van der Waals surface area contributed by atoms with Crippen molar-refractivity contribution in [2.45, 2.75) is 11.8 Å². The molecule has 0 amide bonds. The Morgan fingerprint density at radius 3 is 2.76 bits per heavy atom. The fourth-order valence-corrected chi connectivity index (χ4v) is 2.25. The molecule has 0 unspecified atom stereocenters. The number of H-pyrrole nitrogens is 1. The van der Waals surface area contributed by atoms with Gasteiger partial charge in [0.2, 0.25) is 0 Å². The lowest BCUT2D eigenvalue weighted by molar-refractivity contribution is 0.141. The highest BCUT2D eigenvalue weighted by Crippen LogP contribution is 2.30. The Bertz CT molecular complexity index is 530. The fourth-order valence-electron chi connectivity index (χ4n) is 1.35. The van der Waals surface area contributed by atoms with Crippen LogP contribution in [0.15, 0.2) is 18.2 Å². The zero-order chi connectivity index (χ0) is 12.4. The number of halogens is 4. The predicted octanol–water partition coefficient (Wildman–Crippen LogP) is 3.96. The zero-order valence-electron chi connectivity index (χ0n) is 8.42. The first-order valence-corrected chi connectivity index (χ1v) is 6.17. The summed E-state index contributed by atoms with van der Waals surface area (Å²) in [5.41, 5.74) is 1.39. The Balaban J connectivity index is 2.45. The van der Waals surface area contributed by atoms with Gasteiger partial charge in [-0.1, -0.05) is 39.7 Å². The maximum atomic E-state index is 12.4. The van der Waals surface area contributed by atoms with Gasteiger partial charge in [0.25, 0.3) is 6.43 Å². The summed E-state index contributed by atoms with van der Waals surface area (Å²) in [4.78, 5) is 3.70. The topological polar surface area (TPSA) is 41.6 Å². The Morgan fingerprint density at radius 1 is 1.41 bits per heavy atom. The van der Waals surface area contributed by atoms with Gasteiger partial charge in [0.1, 0.15) is 0 Å². The Hall–Kier alpha value is -1.01. The molecular weight excluding hydrogens is 315 g/mol. The highest BCUT2D eigenvalue weighted by Gasteiger charge is 2.16. The van der Waals surface area contributed by atoms with Crippen molar-refractivity contribution in [1.82, 2.24) is 15.2 Å². The van der Waals surface area contributed by atoms with E-state index in [1.165, 1.54) is 0 Å². The maximum Gasteiger partial charge on any atom is 0.296 e. The summed E-state index contributed by atoms with van der Waals surface area (Å²) in [6.45, 7) is 0. The van der Waals surface area contributed by atoms with Crippen LogP contribution in [0.4, 0.5) is 8.78 Å². The quantitative estimate of drug-likeness (QED) is 0.869. The highest BCUT2D eigenvalue weighted by atomic mass is 79.9. The van der Waals surface area contributed by atoms with E-state index >= 15 is 0 Å². The summed E-state index contributed by atoms with van der Waals surface area (Å²) in [6, 6.07) is 5.30. The van der Waals surface area contributed by atoms with E-state index in [2.05, 4.69) is 31.1 Å². The molecular formula is C10H7BrClF2N3. The summed E-state index contributed by atoms with van der Waals surface area (Å²) in [5.74, 6) is -0.284. The van der Waals surface area contributed by atoms with Crippen molar-refractivity contribution in [3.8, 4) is 11.4 Å². The molecule has 0 aliphatic carbocycles. The molecule has 0 aliphatic rings. The van der Waals surface area contributed by atoms with Crippen LogP contribution >= 0.6 is 27.5 Å². The second kappa shape index (κ2) is 5.10. The summed E-state index contributed by atoms with van der Waals surface area (Å²) in [6.07, 6.45) is -2.67. The largest absolute Gasteiger partial charge is 0.296 e. The monoisotopic (exact) mass is 321 g/mol. The summed E-state index contributed by atoms with van der Waals surface area (Å²) >= 11 is 9.41. The predicted molar refractivity (Wildman–Crippen MR) is 64.4 cm³/mol. The molecule has 0 spiro atoms. The van der Waals surface area contributed by atoms with Gasteiger partial charge in [-0.25, -0.2) is 13.8 Å². The van der Waals surface area contributed by atoms with Crippen LogP contribution in [0.2, 0.25) is 5.02 Å². The average molecular weight is 323 g/mol. The van der Waals surface area contributed by atoms with E-state index in [-0.39, 0.29) is 5.82 Å². The number of benzene rings is 1. The normalized spacial score (nSPS) is 11.1. The van der Waals surface area contributed by atoms with Crippen molar-refractivity contribution in [3.63, 3.8) is 0 Å². The number of aromatic amines is 1. The Kier molecular flexibility index (Phi) is 3.73. The molecule has 2 rings (SSSR count). The van der Waals surface area contributed by atoms with Crippen molar-refractivity contribution in [2.24, 2.45) is 0 Å². The van der Waals surface area contributed by atoms with E-state index in [1.54, 1.807) is 12.1 Å².